The molecule has 0 aliphatic rings. The molecule has 0 unspecified atom stereocenters. The van der Waals surface area contributed by atoms with Crippen molar-refractivity contribution in [3.05, 3.63) is 47.8 Å². The fourth-order valence-corrected chi connectivity index (χ4v) is 2.08. The van der Waals surface area contributed by atoms with Crippen molar-refractivity contribution in [2.45, 2.75) is 26.6 Å². The van der Waals surface area contributed by atoms with Crippen LogP contribution in [0.25, 0.3) is 0 Å². The third-order valence-corrected chi connectivity index (χ3v) is 3.05. The number of hydrogen-bond acceptors (Lipinski definition) is 3. The maximum absolute atomic E-state index is 5.76. The predicted octanol–water partition coefficient (Wildman–Crippen LogP) is 2.00. The second-order valence-electron chi connectivity index (χ2n) is 4.39. The smallest absolute Gasteiger partial charge is 0.0539 e. The Balaban J connectivity index is 2.13. The Labute approximate surface area is 108 Å². The van der Waals surface area contributed by atoms with Crippen molar-refractivity contribution < 1.29 is 0 Å². The Bertz CT molecular complexity index is 504. The summed E-state index contributed by atoms with van der Waals surface area (Å²) in [6.45, 7) is 4.40. The van der Waals surface area contributed by atoms with E-state index in [9.17, 15) is 0 Å². The van der Waals surface area contributed by atoms with Gasteiger partial charge in [0.1, 0.15) is 0 Å². The molecule has 0 saturated carbocycles. The van der Waals surface area contributed by atoms with E-state index >= 15 is 0 Å². The van der Waals surface area contributed by atoms with Crippen molar-refractivity contribution in [3.8, 4) is 0 Å². The van der Waals surface area contributed by atoms with E-state index in [4.69, 9.17) is 5.73 Å². The van der Waals surface area contributed by atoms with E-state index in [1.807, 2.05) is 23.0 Å². The van der Waals surface area contributed by atoms with Crippen LogP contribution in [0.3, 0.4) is 0 Å². The van der Waals surface area contributed by atoms with E-state index in [2.05, 4.69) is 42.3 Å². The van der Waals surface area contributed by atoms with Crippen molar-refractivity contribution in [3.63, 3.8) is 0 Å². The van der Waals surface area contributed by atoms with Crippen LogP contribution in [0.5, 0.6) is 0 Å². The summed E-state index contributed by atoms with van der Waals surface area (Å²) in [5.41, 5.74) is 9.33. The van der Waals surface area contributed by atoms with Gasteiger partial charge in [-0.3, -0.25) is 4.68 Å². The number of aryl methyl sites for hydroxylation is 1. The lowest BCUT2D eigenvalue weighted by atomic mass is 10.1. The second kappa shape index (κ2) is 5.69. The number of para-hydroxylation sites is 1. The zero-order chi connectivity index (χ0) is 13.0. The Hall–Kier alpha value is -1.81. The van der Waals surface area contributed by atoms with Crippen LogP contribution in [0, 0.1) is 0 Å². The van der Waals surface area contributed by atoms with Crippen molar-refractivity contribution in [1.29, 1.82) is 0 Å². The van der Waals surface area contributed by atoms with E-state index in [-0.39, 0.29) is 0 Å². The first-order valence-corrected chi connectivity index (χ1v) is 6.25. The number of benzene rings is 1. The van der Waals surface area contributed by atoms with Gasteiger partial charge < -0.3 is 10.6 Å². The summed E-state index contributed by atoms with van der Waals surface area (Å²) in [5, 5.41) is 4.29. The molecule has 1 aromatic heterocycles. The molecule has 4 heteroatoms. The minimum Gasteiger partial charge on any atom is -0.370 e. The van der Waals surface area contributed by atoms with Crippen LogP contribution in [0.1, 0.15) is 18.1 Å². The second-order valence-corrected chi connectivity index (χ2v) is 4.39. The van der Waals surface area contributed by atoms with Crippen molar-refractivity contribution in [1.82, 2.24) is 9.78 Å². The number of anilines is 1. The van der Waals surface area contributed by atoms with Gasteiger partial charge in [-0.05, 0) is 18.6 Å². The molecule has 0 fully saturated rings. The molecule has 2 N–H and O–H groups in total. The highest BCUT2D eigenvalue weighted by Gasteiger charge is 2.07. The molecular weight excluding hydrogens is 224 g/mol. The zero-order valence-electron chi connectivity index (χ0n) is 11.0. The summed E-state index contributed by atoms with van der Waals surface area (Å²) in [5.74, 6) is 0. The van der Waals surface area contributed by atoms with Gasteiger partial charge in [-0.2, -0.15) is 5.10 Å². The van der Waals surface area contributed by atoms with Gasteiger partial charge in [-0.25, -0.2) is 0 Å². The highest BCUT2D eigenvalue weighted by atomic mass is 15.3. The highest BCUT2D eigenvalue weighted by Crippen LogP contribution is 2.20. The van der Waals surface area contributed by atoms with E-state index in [1.54, 1.807) is 0 Å². The van der Waals surface area contributed by atoms with Crippen molar-refractivity contribution >= 4 is 5.69 Å². The van der Waals surface area contributed by atoms with Gasteiger partial charge in [0, 0.05) is 44.1 Å². The molecule has 0 saturated heterocycles. The molecule has 0 spiro atoms. The third-order valence-electron chi connectivity index (χ3n) is 3.05. The molecule has 1 heterocycles. The molecular formula is C14H20N4. The van der Waals surface area contributed by atoms with Crippen LogP contribution in [0.2, 0.25) is 0 Å². The molecule has 18 heavy (non-hydrogen) atoms. The molecule has 0 atom stereocenters. The van der Waals surface area contributed by atoms with Crippen LogP contribution >= 0.6 is 0 Å². The van der Waals surface area contributed by atoms with E-state index in [1.165, 1.54) is 16.8 Å². The average molecular weight is 244 g/mol. The molecule has 0 aliphatic carbocycles. The monoisotopic (exact) mass is 244 g/mol. The van der Waals surface area contributed by atoms with Crippen LogP contribution in [0.15, 0.2) is 36.7 Å². The standard InChI is InChI=1S/C14H20N4/c1-3-18-11-12(9-16-18)10-17(2)14-7-5-4-6-13(14)8-15/h4-7,9,11H,3,8,10,15H2,1-2H3. The van der Waals surface area contributed by atoms with Crippen LogP contribution in [-0.4, -0.2) is 16.8 Å². The number of hydrogen-bond donors (Lipinski definition) is 1. The van der Waals surface area contributed by atoms with E-state index in [0.717, 1.165) is 13.1 Å². The van der Waals surface area contributed by atoms with Crippen molar-refractivity contribution in [2.24, 2.45) is 5.73 Å². The van der Waals surface area contributed by atoms with Crippen LogP contribution in [0.4, 0.5) is 5.69 Å². The minimum absolute atomic E-state index is 0.564. The van der Waals surface area contributed by atoms with E-state index in [0.29, 0.717) is 6.54 Å². The first-order chi connectivity index (χ1) is 8.74. The van der Waals surface area contributed by atoms with E-state index < -0.39 is 0 Å². The maximum atomic E-state index is 5.76. The molecule has 4 nitrogen and oxygen atoms in total. The van der Waals surface area contributed by atoms with Crippen molar-refractivity contribution in [2.75, 3.05) is 11.9 Å². The summed E-state index contributed by atoms with van der Waals surface area (Å²) in [7, 11) is 2.08. The summed E-state index contributed by atoms with van der Waals surface area (Å²) < 4.78 is 1.94. The lowest BCUT2D eigenvalue weighted by molar-refractivity contribution is 0.659. The van der Waals surface area contributed by atoms with Gasteiger partial charge in [0.05, 0.1) is 6.20 Å². The Morgan fingerprint density at radius 2 is 2.11 bits per heavy atom. The summed E-state index contributed by atoms with van der Waals surface area (Å²) in [6, 6.07) is 8.24. The quantitative estimate of drug-likeness (QED) is 0.875. The molecule has 0 radical (unpaired) electrons. The fraction of sp³-hybridized carbons (Fsp3) is 0.357. The number of nitrogens with zero attached hydrogens (tertiary/aromatic N) is 3. The summed E-state index contributed by atoms with van der Waals surface area (Å²) in [4.78, 5) is 2.21. The average Bonchev–Trinajstić information content (AvgIpc) is 2.86. The minimum atomic E-state index is 0.564. The first-order valence-electron chi connectivity index (χ1n) is 6.25. The Morgan fingerprint density at radius 3 is 2.78 bits per heavy atom. The predicted molar refractivity (Wildman–Crippen MR) is 74.3 cm³/mol. The molecule has 0 bridgehead atoms. The summed E-state index contributed by atoms with van der Waals surface area (Å²) in [6.07, 6.45) is 4.01. The summed E-state index contributed by atoms with van der Waals surface area (Å²) >= 11 is 0. The fourth-order valence-electron chi connectivity index (χ4n) is 2.08. The number of aromatic nitrogens is 2. The topological polar surface area (TPSA) is 47.1 Å². The molecule has 0 amide bonds. The number of rotatable bonds is 5. The third kappa shape index (κ3) is 2.71. The van der Waals surface area contributed by atoms with Gasteiger partial charge in [0.25, 0.3) is 0 Å². The first kappa shape index (κ1) is 12.6. The molecule has 96 valence electrons. The molecule has 2 aromatic rings. The Morgan fingerprint density at radius 1 is 1.33 bits per heavy atom. The zero-order valence-corrected chi connectivity index (χ0v) is 11.0. The largest absolute Gasteiger partial charge is 0.370 e. The molecule has 2 rings (SSSR count). The van der Waals surface area contributed by atoms with Crippen LogP contribution < -0.4 is 10.6 Å². The van der Waals surface area contributed by atoms with Gasteiger partial charge >= 0.3 is 0 Å². The number of nitrogens with two attached hydrogens (primary N) is 1. The van der Waals surface area contributed by atoms with Gasteiger partial charge in [-0.1, -0.05) is 18.2 Å². The lowest BCUT2D eigenvalue weighted by Gasteiger charge is -2.21. The SMILES string of the molecule is CCn1cc(CN(C)c2ccccc2CN)cn1. The molecule has 0 aliphatic heterocycles. The van der Waals surface area contributed by atoms with Crippen LogP contribution in [-0.2, 0) is 19.6 Å². The lowest BCUT2D eigenvalue weighted by Crippen LogP contribution is -2.18. The maximum Gasteiger partial charge on any atom is 0.0539 e. The molecule has 1 aromatic carbocycles. The van der Waals surface area contributed by atoms with Gasteiger partial charge in [0.2, 0.25) is 0 Å². The Kier molecular flexibility index (Phi) is 3.99. The van der Waals surface area contributed by atoms with Gasteiger partial charge in [-0.15, -0.1) is 0 Å². The van der Waals surface area contributed by atoms with Gasteiger partial charge in [0.15, 0.2) is 0 Å². The normalized spacial score (nSPS) is 10.6. The highest BCUT2D eigenvalue weighted by molar-refractivity contribution is 5.53.